The Hall–Kier alpha value is -7.26. The van der Waals surface area contributed by atoms with Crippen LogP contribution in [0.4, 0.5) is 17.1 Å². The molecule has 1 nitrogen and oxygen atoms in total. The van der Waals surface area contributed by atoms with Gasteiger partial charge in [-0.3, -0.25) is 0 Å². The Balaban J connectivity index is 0.866. The van der Waals surface area contributed by atoms with Gasteiger partial charge in [-0.05, 0) is 110 Å². The smallest absolute Gasteiger partial charge is 0.0547 e. The predicted octanol–water partition coefficient (Wildman–Crippen LogP) is 16.5. The van der Waals surface area contributed by atoms with E-state index in [1.807, 2.05) is 11.3 Å². The molecule has 1 aliphatic rings. The van der Waals surface area contributed by atoms with Crippen molar-refractivity contribution in [3.63, 3.8) is 0 Å². The molecule has 60 heavy (non-hydrogen) atoms. The first-order valence-electron chi connectivity index (χ1n) is 20.8. The molecule has 11 aromatic rings. The van der Waals surface area contributed by atoms with Crippen molar-refractivity contribution >= 4 is 70.1 Å². The van der Waals surface area contributed by atoms with Crippen molar-refractivity contribution in [1.29, 1.82) is 0 Å². The number of benzene rings is 10. The van der Waals surface area contributed by atoms with E-state index in [2.05, 4.69) is 223 Å². The lowest BCUT2D eigenvalue weighted by molar-refractivity contribution is 0.805. The molecule has 0 unspecified atom stereocenters. The van der Waals surface area contributed by atoms with E-state index in [4.69, 9.17) is 0 Å². The Bertz CT molecular complexity index is 3390. The molecule has 0 saturated heterocycles. The van der Waals surface area contributed by atoms with E-state index in [0.29, 0.717) is 0 Å². The fourth-order valence-electron chi connectivity index (χ4n) is 9.70. The summed E-state index contributed by atoms with van der Waals surface area (Å²) >= 11 is 1.87. The van der Waals surface area contributed by atoms with Crippen molar-refractivity contribution < 1.29 is 0 Å². The van der Waals surface area contributed by atoms with Crippen molar-refractivity contribution in [2.45, 2.75) is 12.3 Å². The molecule has 0 spiro atoms. The van der Waals surface area contributed by atoms with E-state index < -0.39 is 0 Å². The molecule has 0 bridgehead atoms. The van der Waals surface area contributed by atoms with E-state index in [1.54, 1.807) is 0 Å². The molecule has 0 radical (unpaired) electrons. The molecule has 2 heterocycles. The molecular formula is C58H39NS. The van der Waals surface area contributed by atoms with Gasteiger partial charge in [0.05, 0.1) is 11.4 Å². The van der Waals surface area contributed by atoms with Gasteiger partial charge in [0.25, 0.3) is 0 Å². The van der Waals surface area contributed by atoms with Crippen molar-refractivity contribution in [3.05, 3.63) is 235 Å². The fraction of sp³-hybridized carbons (Fsp3) is 0.0345. The lowest BCUT2D eigenvalue weighted by Gasteiger charge is -2.34. The van der Waals surface area contributed by atoms with Gasteiger partial charge < -0.3 is 4.90 Å². The number of hydrogen-bond acceptors (Lipinski definition) is 2. The van der Waals surface area contributed by atoms with Crippen LogP contribution in [-0.2, 0) is 6.42 Å². The Kier molecular flexibility index (Phi) is 8.24. The van der Waals surface area contributed by atoms with Crippen molar-refractivity contribution in [2.75, 3.05) is 4.90 Å². The summed E-state index contributed by atoms with van der Waals surface area (Å²) in [6.07, 6.45) is 0.907. The molecule has 1 aromatic heterocycles. The summed E-state index contributed by atoms with van der Waals surface area (Å²) in [4.78, 5) is 2.45. The minimum absolute atomic E-state index is 0.224. The third-order valence-corrected chi connectivity index (χ3v) is 13.7. The van der Waals surface area contributed by atoms with Gasteiger partial charge in [0.1, 0.15) is 0 Å². The molecule has 10 aromatic carbocycles. The van der Waals surface area contributed by atoms with Gasteiger partial charge >= 0.3 is 0 Å². The zero-order valence-electron chi connectivity index (χ0n) is 32.9. The number of fused-ring (bicyclic) bond motifs is 7. The highest BCUT2D eigenvalue weighted by atomic mass is 32.1. The standard InChI is InChI=1S/C58H39NS/c1-2-12-41(13-3-1)51(43-25-23-39(24-26-43)46-30-34-56-52(37-46)49-19-6-7-22-55(49)60-56)36-38-11-8-17-45(35-38)40-27-31-47(32-28-40)59-53-21-10-16-44-15-9-20-50(57(44)53)58-48-18-5-4-14-42(48)29-33-54(58)59/h1-35,37,51H,36H2/t51-/m0/s1. The minimum atomic E-state index is 0.224. The fourth-order valence-corrected chi connectivity index (χ4v) is 10.8. The molecule has 1 atom stereocenters. The second-order valence-electron chi connectivity index (χ2n) is 16.0. The van der Waals surface area contributed by atoms with Crippen molar-refractivity contribution in [2.24, 2.45) is 0 Å². The first-order chi connectivity index (χ1) is 29.7. The average Bonchev–Trinajstić information content (AvgIpc) is 3.69. The second-order valence-corrected chi connectivity index (χ2v) is 17.1. The van der Waals surface area contributed by atoms with Crippen LogP contribution in [0.2, 0.25) is 0 Å². The van der Waals surface area contributed by atoms with Crippen LogP contribution in [0.1, 0.15) is 22.6 Å². The van der Waals surface area contributed by atoms with Gasteiger partial charge in [-0.25, -0.2) is 0 Å². The first kappa shape index (κ1) is 34.8. The van der Waals surface area contributed by atoms with Gasteiger partial charge in [0.15, 0.2) is 0 Å². The monoisotopic (exact) mass is 781 g/mol. The molecule has 12 rings (SSSR count). The molecule has 1 aliphatic heterocycles. The molecule has 0 fully saturated rings. The highest BCUT2D eigenvalue weighted by Gasteiger charge is 2.27. The van der Waals surface area contributed by atoms with Gasteiger partial charge in [0, 0.05) is 42.7 Å². The highest BCUT2D eigenvalue weighted by Crippen LogP contribution is 2.53. The third kappa shape index (κ3) is 5.83. The SMILES string of the molecule is c1ccc([C@H](Cc2cccc(-c3ccc(N4c5ccc6ccccc6c5-c5cccc6cccc4c56)cc3)c2)c2ccc(-c3ccc4sc5ccccc5c4c3)cc2)cc1. The molecule has 2 heteroatoms. The normalized spacial score (nSPS) is 12.6. The van der Waals surface area contributed by atoms with Crippen LogP contribution in [0.5, 0.6) is 0 Å². The quantitative estimate of drug-likeness (QED) is 0.156. The molecule has 282 valence electrons. The first-order valence-corrected chi connectivity index (χ1v) is 21.7. The summed E-state index contributed by atoms with van der Waals surface area (Å²) in [5.74, 6) is 0.224. The third-order valence-electron chi connectivity index (χ3n) is 12.6. The number of rotatable bonds is 7. The maximum Gasteiger partial charge on any atom is 0.0547 e. The van der Waals surface area contributed by atoms with E-state index in [1.165, 1.54) is 103 Å². The lowest BCUT2D eigenvalue weighted by Crippen LogP contribution is -2.15. The van der Waals surface area contributed by atoms with Crippen LogP contribution in [0, 0.1) is 0 Å². The Morgan fingerprint density at radius 2 is 1.05 bits per heavy atom. The van der Waals surface area contributed by atoms with E-state index in [-0.39, 0.29) is 5.92 Å². The maximum atomic E-state index is 2.45. The lowest BCUT2D eigenvalue weighted by atomic mass is 9.84. The van der Waals surface area contributed by atoms with Gasteiger partial charge in [0.2, 0.25) is 0 Å². The zero-order chi connectivity index (χ0) is 39.6. The van der Waals surface area contributed by atoms with E-state index >= 15 is 0 Å². The van der Waals surface area contributed by atoms with E-state index in [9.17, 15) is 0 Å². The Morgan fingerprint density at radius 3 is 1.90 bits per heavy atom. The average molecular weight is 782 g/mol. The Labute approximate surface area is 354 Å². The number of hydrogen-bond donors (Lipinski definition) is 0. The summed E-state index contributed by atoms with van der Waals surface area (Å²) in [6, 6.07) is 81.0. The molecule has 0 aliphatic carbocycles. The van der Waals surface area contributed by atoms with Gasteiger partial charge in [-0.1, -0.05) is 176 Å². The summed E-state index contributed by atoms with van der Waals surface area (Å²) in [5.41, 5.74) is 15.1. The molecular weight excluding hydrogens is 743 g/mol. The largest absolute Gasteiger partial charge is 0.309 e. The molecule has 0 saturated carbocycles. The molecule has 0 amide bonds. The summed E-state index contributed by atoms with van der Waals surface area (Å²) in [5, 5.41) is 7.78. The summed E-state index contributed by atoms with van der Waals surface area (Å²) < 4.78 is 2.68. The number of anilines is 3. The topological polar surface area (TPSA) is 3.24 Å². The minimum Gasteiger partial charge on any atom is -0.309 e. The van der Waals surface area contributed by atoms with Crippen LogP contribution < -0.4 is 4.90 Å². The van der Waals surface area contributed by atoms with Gasteiger partial charge in [-0.15, -0.1) is 11.3 Å². The number of thiophene rings is 1. The van der Waals surface area contributed by atoms with Crippen molar-refractivity contribution in [3.8, 4) is 33.4 Å². The molecule has 0 N–H and O–H groups in total. The predicted molar refractivity (Wildman–Crippen MR) is 257 cm³/mol. The zero-order valence-corrected chi connectivity index (χ0v) is 33.7. The summed E-state index contributed by atoms with van der Waals surface area (Å²) in [6.45, 7) is 0. The van der Waals surface area contributed by atoms with Gasteiger partial charge in [-0.2, -0.15) is 0 Å². The van der Waals surface area contributed by atoms with Crippen LogP contribution in [0.3, 0.4) is 0 Å². The Morgan fingerprint density at radius 1 is 0.400 bits per heavy atom. The van der Waals surface area contributed by atoms with Crippen LogP contribution >= 0.6 is 11.3 Å². The van der Waals surface area contributed by atoms with Crippen LogP contribution in [0.15, 0.2) is 218 Å². The van der Waals surface area contributed by atoms with Crippen LogP contribution in [0.25, 0.3) is 75.1 Å². The summed E-state index contributed by atoms with van der Waals surface area (Å²) in [7, 11) is 0. The second kappa shape index (κ2) is 14.2. The maximum absolute atomic E-state index is 2.45. The van der Waals surface area contributed by atoms with Crippen molar-refractivity contribution in [1.82, 2.24) is 0 Å². The van der Waals surface area contributed by atoms with E-state index in [0.717, 1.165) is 12.1 Å². The highest BCUT2D eigenvalue weighted by molar-refractivity contribution is 7.25. The van der Waals surface area contributed by atoms with Crippen LogP contribution in [-0.4, -0.2) is 0 Å². The number of nitrogens with zero attached hydrogens (tertiary/aromatic N) is 1.